The lowest BCUT2D eigenvalue weighted by Crippen LogP contribution is -2.54. The second kappa shape index (κ2) is 6.77. The topological polar surface area (TPSA) is 68.3 Å². The molecular weight excluding hydrogens is 266 g/mol. The van der Waals surface area contributed by atoms with Crippen LogP contribution in [0.3, 0.4) is 0 Å². The molecule has 3 N–H and O–H groups in total. The van der Waals surface area contributed by atoms with Gasteiger partial charge in [0.25, 0.3) is 0 Å². The molecule has 120 valence electrons. The quantitative estimate of drug-likeness (QED) is 0.862. The summed E-state index contributed by atoms with van der Waals surface area (Å²) in [4.78, 5) is 0. The van der Waals surface area contributed by atoms with E-state index in [4.69, 9.17) is 10.5 Å². The number of aryl methyl sites for hydroxylation is 2. The molecule has 21 heavy (non-hydrogen) atoms. The van der Waals surface area contributed by atoms with E-state index >= 15 is 0 Å². The van der Waals surface area contributed by atoms with Crippen molar-refractivity contribution in [1.82, 2.24) is 20.2 Å². The van der Waals surface area contributed by atoms with Gasteiger partial charge in [0.15, 0.2) is 0 Å². The monoisotopic (exact) mass is 295 g/mol. The van der Waals surface area contributed by atoms with E-state index in [9.17, 15) is 0 Å². The first kappa shape index (κ1) is 16.3. The van der Waals surface area contributed by atoms with E-state index in [0.29, 0.717) is 18.6 Å². The van der Waals surface area contributed by atoms with Crippen molar-refractivity contribution in [3.05, 3.63) is 11.3 Å². The highest BCUT2D eigenvalue weighted by Crippen LogP contribution is 2.29. The lowest BCUT2D eigenvalue weighted by Gasteiger charge is -2.41. The molecule has 0 saturated carbocycles. The molecule has 2 rings (SSSR count). The van der Waals surface area contributed by atoms with Crippen LogP contribution in [-0.2, 0) is 7.05 Å². The summed E-state index contributed by atoms with van der Waals surface area (Å²) in [6.07, 6.45) is 3.73. The zero-order chi connectivity index (χ0) is 15.6. The number of methoxy groups -OCH3 is 1. The van der Waals surface area contributed by atoms with Gasteiger partial charge in [-0.05, 0) is 33.6 Å². The van der Waals surface area contributed by atoms with Gasteiger partial charge in [-0.3, -0.25) is 0 Å². The van der Waals surface area contributed by atoms with Gasteiger partial charge >= 0.3 is 0 Å². The molecule has 0 spiro atoms. The van der Waals surface area contributed by atoms with Crippen LogP contribution in [0.15, 0.2) is 0 Å². The predicted octanol–water partition coefficient (Wildman–Crippen LogP) is 1.50. The maximum atomic E-state index is 6.03. The molecule has 3 unspecified atom stereocenters. The molecule has 1 saturated heterocycles. The molecule has 1 aromatic heterocycles. The Morgan fingerprint density at radius 1 is 1.38 bits per heavy atom. The van der Waals surface area contributed by atoms with Gasteiger partial charge in [0.1, 0.15) is 0 Å². The molecule has 2 heterocycles. The van der Waals surface area contributed by atoms with Gasteiger partial charge in [0.2, 0.25) is 5.88 Å². The van der Waals surface area contributed by atoms with Crippen molar-refractivity contribution < 1.29 is 4.74 Å². The highest BCUT2D eigenvalue weighted by Gasteiger charge is 2.29. The van der Waals surface area contributed by atoms with Crippen LogP contribution >= 0.6 is 0 Å². The SMILES string of the molecule is COc1c(C(CN)NN2C(C)CCCC2C)c(C)nn1C. The fourth-order valence-corrected chi connectivity index (χ4v) is 3.39. The second-order valence-electron chi connectivity index (χ2n) is 6.09. The molecule has 1 aliphatic heterocycles. The van der Waals surface area contributed by atoms with E-state index in [-0.39, 0.29) is 6.04 Å². The van der Waals surface area contributed by atoms with Crippen molar-refractivity contribution in [3.8, 4) is 5.88 Å². The van der Waals surface area contributed by atoms with Crippen molar-refractivity contribution in [1.29, 1.82) is 0 Å². The van der Waals surface area contributed by atoms with Crippen LogP contribution in [0.5, 0.6) is 5.88 Å². The zero-order valence-corrected chi connectivity index (χ0v) is 13.9. The normalized spacial score (nSPS) is 25.0. The summed E-state index contributed by atoms with van der Waals surface area (Å²) in [6.45, 7) is 7.05. The van der Waals surface area contributed by atoms with E-state index in [1.54, 1.807) is 11.8 Å². The third-order valence-corrected chi connectivity index (χ3v) is 4.49. The third-order valence-electron chi connectivity index (χ3n) is 4.49. The minimum absolute atomic E-state index is 0.0247. The average Bonchev–Trinajstić information content (AvgIpc) is 2.73. The van der Waals surface area contributed by atoms with Gasteiger partial charge in [-0.25, -0.2) is 15.1 Å². The fourth-order valence-electron chi connectivity index (χ4n) is 3.39. The summed E-state index contributed by atoms with van der Waals surface area (Å²) in [6, 6.07) is 1.06. The molecule has 6 heteroatoms. The number of aromatic nitrogens is 2. The van der Waals surface area contributed by atoms with Crippen LogP contribution in [0, 0.1) is 6.92 Å². The molecule has 0 amide bonds. The average molecular weight is 295 g/mol. The van der Waals surface area contributed by atoms with Crippen LogP contribution in [0.2, 0.25) is 0 Å². The molecule has 0 aromatic carbocycles. The van der Waals surface area contributed by atoms with E-state index < -0.39 is 0 Å². The Kier molecular flexibility index (Phi) is 5.24. The smallest absolute Gasteiger partial charge is 0.216 e. The van der Waals surface area contributed by atoms with Crippen molar-refractivity contribution in [2.45, 2.75) is 58.2 Å². The molecule has 1 aromatic rings. The van der Waals surface area contributed by atoms with Gasteiger partial charge in [0, 0.05) is 25.7 Å². The van der Waals surface area contributed by atoms with E-state index in [1.165, 1.54) is 19.3 Å². The maximum absolute atomic E-state index is 6.03. The van der Waals surface area contributed by atoms with Gasteiger partial charge in [0.05, 0.1) is 24.4 Å². The van der Waals surface area contributed by atoms with E-state index in [2.05, 4.69) is 29.4 Å². The van der Waals surface area contributed by atoms with Gasteiger partial charge < -0.3 is 10.5 Å². The first-order chi connectivity index (χ1) is 9.99. The number of nitrogens with two attached hydrogens (primary N) is 1. The first-order valence-corrected chi connectivity index (χ1v) is 7.81. The molecule has 0 radical (unpaired) electrons. The summed E-state index contributed by atoms with van der Waals surface area (Å²) < 4.78 is 7.28. The Morgan fingerprint density at radius 3 is 2.52 bits per heavy atom. The van der Waals surface area contributed by atoms with Crippen molar-refractivity contribution in [2.75, 3.05) is 13.7 Å². The number of piperidine rings is 1. The van der Waals surface area contributed by atoms with Gasteiger partial charge in [-0.2, -0.15) is 5.10 Å². The number of nitrogens with one attached hydrogen (secondary N) is 1. The van der Waals surface area contributed by atoms with Crippen LogP contribution in [0.25, 0.3) is 0 Å². The number of hydrogen-bond acceptors (Lipinski definition) is 5. The summed E-state index contributed by atoms with van der Waals surface area (Å²) in [7, 11) is 3.58. The van der Waals surface area contributed by atoms with E-state index in [0.717, 1.165) is 17.1 Å². The summed E-state index contributed by atoms with van der Waals surface area (Å²) in [5, 5.41) is 6.81. The van der Waals surface area contributed by atoms with Gasteiger partial charge in [-0.1, -0.05) is 6.42 Å². The number of rotatable bonds is 5. The fraction of sp³-hybridized carbons (Fsp3) is 0.800. The van der Waals surface area contributed by atoms with Crippen molar-refractivity contribution >= 4 is 0 Å². The number of hydrogen-bond donors (Lipinski definition) is 2. The maximum Gasteiger partial charge on any atom is 0.216 e. The number of nitrogens with zero attached hydrogens (tertiary/aromatic N) is 3. The second-order valence-corrected chi connectivity index (χ2v) is 6.09. The highest BCUT2D eigenvalue weighted by molar-refractivity contribution is 5.34. The van der Waals surface area contributed by atoms with Gasteiger partial charge in [-0.15, -0.1) is 0 Å². The molecule has 0 bridgehead atoms. The minimum Gasteiger partial charge on any atom is -0.481 e. The number of hydrazine groups is 1. The summed E-state index contributed by atoms with van der Waals surface area (Å²) in [5.74, 6) is 0.785. The Morgan fingerprint density at radius 2 is 2.00 bits per heavy atom. The standard InChI is InChI=1S/C15H29N5O/c1-10-7-6-8-11(2)20(10)18-13(9-16)14-12(3)17-19(4)15(14)21-5/h10-11,13,18H,6-9,16H2,1-5H3. The lowest BCUT2D eigenvalue weighted by molar-refractivity contribution is 0.0299. The molecule has 0 aliphatic carbocycles. The number of ether oxygens (including phenoxy) is 1. The van der Waals surface area contributed by atoms with Crippen LogP contribution in [0.4, 0.5) is 0 Å². The molecule has 3 atom stereocenters. The Balaban J connectivity index is 2.24. The van der Waals surface area contributed by atoms with Crippen molar-refractivity contribution in [2.24, 2.45) is 12.8 Å². The highest BCUT2D eigenvalue weighted by atomic mass is 16.5. The Labute approximate surface area is 127 Å². The summed E-state index contributed by atoms with van der Waals surface area (Å²) in [5.41, 5.74) is 11.7. The predicted molar refractivity (Wildman–Crippen MR) is 84.0 cm³/mol. The molecular formula is C15H29N5O. The Hall–Kier alpha value is -1.11. The zero-order valence-electron chi connectivity index (χ0n) is 13.9. The molecule has 6 nitrogen and oxygen atoms in total. The molecule has 1 fully saturated rings. The first-order valence-electron chi connectivity index (χ1n) is 7.81. The summed E-state index contributed by atoms with van der Waals surface area (Å²) >= 11 is 0. The molecule has 1 aliphatic rings. The Bertz CT molecular complexity index is 463. The van der Waals surface area contributed by atoms with Crippen LogP contribution in [0.1, 0.15) is 50.4 Å². The van der Waals surface area contributed by atoms with Crippen LogP contribution in [-0.4, -0.2) is 40.5 Å². The largest absolute Gasteiger partial charge is 0.481 e. The van der Waals surface area contributed by atoms with E-state index in [1.807, 2.05) is 14.0 Å². The third kappa shape index (κ3) is 3.22. The minimum atomic E-state index is 0.0247. The van der Waals surface area contributed by atoms with Crippen LogP contribution < -0.4 is 15.9 Å². The van der Waals surface area contributed by atoms with Crippen molar-refractivity contribution in [3.63, 3.8) is 0 Å². The lowest BCUT2D eigenvalue weighted by atomic mass is 9.99.